The third-order valence-corrected chi connectivity index (χ3v) is 6.06. The Morgan fingerprint density at radius 2 is 1.94 bits per heavy atom. The van der Waals surface area contributed by atoms with Gasteiger partial charge in [0.1, 0.15) is 17.7 Å². The maximum Gasteiger partial charge on any atom is 0.333 e. The number of hydrogen-bond donors (Lipinski definition) is 2. The molecule has 0 unspecified atom stereocenters. The first-order valence-electron chi connectivity index (χ1n) is 11.1. The van der Waals surface area contributed by atoms with Crippen LogP contribution in [0.3, 0.4) is 0 Å². The quantitative estimate of drug-likeness (QED) is 0.415. The molecule has 1 fully saturated rings. The van der Waals surface area contributed by atoms with E-state index in [-0.39, 0.29) is 22.9 Å². The Kier molecular flexibility index (Phi) is 6.16. The van der Waals surface area contributed by atoms with Gasteiger partial charge in [0.05, 0.1) is 11.7 Å². The van der Waals surface area contributed by atoms with Crippen LogP contribution in [0.4, 0.5) is 18.9 Å². The van der Waals surface area contributed by atoms with Crippen molar-refractivity contribution in [3.63, 3.8) is 0 Å². The van der Waals surface area contributed by atoms with Gasteiger partial charge >= 0.3 is 6.55 Å². The van der Waals surface area contributed by atoms with Gasteiger partial charge < -0.3 is 15.0 Å². The fourth-order valence-electron chi connectivity index (χ4n) is 4.12. The van der Waals surface area contributed by atoms with Crippen LogP contribution >= 0.6 is 0 Å². The summed E-state index contributed by atoms with van der Waals surface area (Å²) in [5.41, 5.74) is 1.10. The second-order valence-electron chi connectivity index (χ2n) is 8.54. The van der Waals surface area contributed by atoms with E-state index in [2.05, 4.69) is 32.6 Å². The van der Waals surface area contributed by atoms with E-state index in [1.54, 1.807) is 24.3 Å². The maximum absolute atomic E-state index is 14.6. The highest BCUT2D eigenvalue weighted by molar-refractivity contribution is 6.11. The van der Waals surface area contributed by atoms with E-state index in [4.69, 9.17) is 4.74 Å². The smallest absolute Gasteiger partial charge is 0.333 e. The molecular weight excluding hydrogens is 461 g/mol. The number of alkyl halides is 2. The Bertz CT molecular complexity index is 1340. The number of nitrogens with zero attached hydrogens (tertiary/aromatic N) is 4. The molecule has 35 heavy (non-hydrogen) atoms. The van der Waals surface area contributed by atoms with Crippen LogP contribution < -0.4 is 10.1 Å². The van der Waals surface area contributed by atoms with Gasteiger partial charge in [-0.1, -0.05) is 0 Å². The number of H-pyrrole nitrogens is 1. The molecule has 182 valence electrons. The first-order chi connectivity index (χ1) is 16.9. The SMILES string of the molecule is CN1CCC(Oc2ccc(NC(=O)c3n[nH]c4cc(F)c(-c5cnn(C(F)F)c5)cc34)cc2)CC1. The van der Waals surface area contributed by atoms with Crippen molar-refractivity contribution in [1.82, 2.24) is 24.9 Å². The molecule has 0 spiro atoms. The summed E-state index contributed by atoms with van der Waals surface area (Å²) in [6.07, 6.45) is 4.29. The standard InChI is InChI=1S/C24H23F3N6O2/c1-32-8-6-17(7-9-32)35-16-4-2-15(3-5-16)29-23(34)22-19-10-18(20(25)11-21(19)30-31-22)14-12-28-33(13-14)24(26)27/h2-5,10-13,17,24H,6-9H2,1H3,(H,29,34)(H,30,31). The topological polar surface area (TPSA) is 88.1 Å². The minimum atomic E-state index is -2.84. The van der Waals surface area contributed by atoms with Gasteiger partial charge in [-0.2, -0.15) is 19.0 Å². The number of anilines is 1. The van der Waals surface area contributed by atoms with Crippen molar-refractivity contribution in [2.24, 2.45) is 0 Å². The van der Waals surface area contributed by atoms with Gasteiger partial charge in [0, 0.05) is 47.6 Å². The summed E-state index contributed by atoms with van der Waals surface area (Å²) >= 11 is 0. The summed E-state index contributed by atoms with van der Waals surface area (Å²) in [5.74, 6) is -0.421. The molecule has 2 aromatic carbocycles. The van der Waals surface area contributed by atoms with Crippen molar-refractivity contribution < 1.29 is 22.7 Å². The number of fused-ring (bicyclic) bond motifs is 1. The van der Waals surface area contributed by atoms with Crippen LogP contribution in [0.2, 0.25) is 0 Å². The van der Waals surface area contributed by atoms with E-state index in [1.807, 2.05) is 0 Å². The Balaban J connectivity index is 1.32. The number of carbonyl (C=O) groups is 1. The van der Waals surface area contributed by atoms with Crippen molar-refractivity contribution >= 4 is 22.5 Å². The van der Waals surface area contributed by atoms with E-state index in [0.29, 0.717) is 21.3 Å². The van der Waals surface area contributed by atoms with Gasteiger partial charge in [-0.25, -0.2) is 9.07 Å². The Labute approximate surface area is 198 Å². The van der Waals surface area contributed by atoms with Crippen LogP contribution in [-0.2, 0) is 0 Å². The normalized spacial score (nSPS) is 15.1. The van der Waals surface area contributed by atoms with Gasteiger partial charge in [0.25, 0.3) is 5.91 Å². The highest BCUT2D eigenvalue weighted by atomic mass is 19.3. The van der Waals surface area contributed by atoms with Crippen molar-refractivity contribution in [2.75, 3.05) is 25.5 Å². The number of carbonyl (C=O) groups excluding carboxylic acids is 1. The summed E-state index contributed by atoms with van der Waals surface area (Å²) in [6.45, 7) is -0.848. The minimum absolute atomic E-state index is 0.0373. The molecule has 0 saturated carbocycles. The molecule has 1 aliphatic rings. The second kappa shape index (κ2) is 9.41. The highest BCUT2D eigenvalue weighted by Crippen LogP contribution is 2.30. The van der Waals surface area contributed by atoms with Crippen LogP contribution in [0.5, 0.6) is 5.75 Å². The van der Waals surface area contributed by atoms with Gasteiger partial charge in [0.15, 0.2) is 5.69 Å². The minimum Gasteiger partial charge on any atom is -0.490 e. The molecule has 8 nitrogen and oxygen atoms in total. The molecule has 5 rings (SSSR count). The predicted molar refractivity (Wildman–Crippen MR) is 124 cm³/mol. The number of halogens is 3. The molecule has 2 aromatic heterocycles. The second-order valence-corrected chi connectivity index (χ2v) is 8.54. The first kappa shape index (κ1) is 22.9. The zero-order chi connectivity index (χ0) is 24.5. The zero-order valence-corrected chi connectivity index (χ0v) is 18.8. The Hall–Kier alpha value is -3.86. The number of likely N-dealkylation sites (tertiary alicyclic amines) is 1. The van der Waals surface area contributed by atoms with E-state index in [9.17, 15) is 18.0 Å². The number of hydrogen-bond acceptors (Lipinski definition) is 5. The van der Waals surface area contributed by atoms with Crippen LogP contribution in [-0.4, -0.2) is 57.0 Å². The van der Waals surface area contributed by atoms with Gasteiger partial charge in [0.2, 0.25) is 0 Å². The number of piperidine rings is 1. The van der Waals surface area contributed by atoms with Gasteiger partial charge in [-0.05, 0) is 50.2 Å². The Morgan fingerprint density at radius 1 is 1.20 bits per heavy atom. The molecule has 0 radical (unpaired) electrons. The summed E-state index contributed by atoms with van der Waals surface area (Å²) in [5, 5.41) is 13.3. The molecule has 1 saturated heterocycles. The van der Waals surface area contributed by atoms with Crippen molar-refractivity contribution in [3.8, 4) is 16.9 Å². The largest absolute Gasteiger partial charge is 0.490 e. The number of ether oxygens (including phenoxy) is 1. The lowest BCUT2D eigenvalue weighted by Gasteiger charge is -2.29. The van der Waals surface area contributed by atoms with Crippen LogP contribution in [0.1, 0.15) is 29.9 Å². The fourth-order valence-corrected chi connectivity index (χ4v) is 4.12. The molecule has 2 N–H and O–H groups in total. The number of nitrogens with one attached hydrogen (secondary N) is 2. The van der Waals surface area contributed by atoms with Crippen LogP contribution in [0.25, 0.3) is 22.0 Å². The molecule has 1 aliphatic heterocycles. The summed E-state index contributed by atoms with van der Waals surface area (Å²) in [6, 6.07) is 9.63. The molecule has 3 heterocycles. The van der Waals surface area contributed by atoms with E-state index in [0.717, 1.165) is 44.1 Å². The molecular formula is C24H23F3N6O2. The lowest BCUT2D eigenvalue weighted by atomic mass is 10.0. The van der Waals surface area contributed by atoms with E-state index < -0.39 is 18.3 Å². The predicted octanol–water partition coefficient (Wildman–Crippen LogP) is 4.69. The molecule has 11 heteroatoms. The fraction of sp³-hybridized carbons (Fsp3) is 0.292. The average molecular weight is 484 g/mol. The van der Waals surface area contributed by atoms with Crippen molar-refractivity contribution in [1.29, 1.82) is 0 Å². The number of aromatic amines is 1. The van der Waals surface area contributed by atoms with Crippen molar-refractivity contribution in [3.05, 3.63) is 60.3 Å². The molecule has 1 amide bonds. The van der Waals surface area contributed by atoms with Gasteiger partial charge in [-0.15, -0.1) is 0 Å². The number of amides is 1. The van der Waals surface area contributed by atoms with Crippen LogP contribution in [0.15, 0.2) is 48.8 Å². The van der Waals surface area contributed by atoms with Crippen LogP contribution in [0, 0.1) is 5.82 Å². The summed E-state index contributed by atoms with van der Waals surface area (Å²) in [4.78, 5) is 15.2. The van der Waals surface area contributed by atoms with Gasteiger partial charge in [-0.3, -0.25) is 9.89 Å². The third kappa shape index (κ3) is 4.85. The van der Waals surface area contributed by atoms with E-state index in [1.165, 1.54) is 12.1 Å². The van der Waals surface area contributed by atoms with Crippen molar-refractivity contribution in [2.45, 2.75) is 25.5 Å². The average Bonchev–Trinajstić information content (AvgIpc) is 3.48. The maximum atomic E-state index is 14.6. The number of rotatable bonds is 6. The molecule has 0 atom stereocenters. The monoisotopic (exact) mass is 484 g/mol. The zero-order valence-electron chi connectivity index (χ0n) is 18.8. The highest BCUT2D eigenvalue weighted by Gasteiger charge is 2.20. The number of aromatic nitrogens is 4. The molecule has 0 aliphatic carbocycles. The lowest BCUT2D eigenvalue weighted by molar-refractivity contribution is 0.0566. The summed E-state index contributed by atoms with van der Waals surface area (Å²) < 4.78 is 46.8. The number of benzene rings is 2. The molecule has 0 bridgehead atoms. The lowest BCUT2D eigenvalue weighted by Crippen LogP contribution is -2.35. The summed E-state index contributed by atoms with van der Waals surface area (Å²) in [7, 11) is 2.09. The Morgan fingerprint density at radius 3 is 2.63 bits per heavy atom. The first-order valence-corrected chi connectivity index (χ1v) is 11.1. The molecule has 4 aromatic rings. The van der Waals surface area contributed by atoms with E-state index >= 15 is 0 Å². The third-order valence-electron chi connectivity index (χ3n) is 6.06.